The van der Waals surface area contributed by atoms with Crippen LogP contribution in [0.3, 0.4) is 0 Å². The zero-order chi connectivity index (χ0) is 28.7. The minimum absolute atomic E-state index is 0.00578. The van der Waals surface area contributed by atoms with E-state index in [0.717, 1.165) is 58.6 Å². The van der Waals surface area contributed by atoms with Crippen LogP contribution in [0.4, 0.5) is 10.1 Å². The van der Waals surface area contributed by atoms with Crippen LogP contribution in [0.25, 0.3) is 0 Å². The van der Waals surface area contributed by atoms with Crippen LogP contribution in [0, 0.1) is 5.82 Å². The largest absolute Gasteiger partial charge is 0.352 e. The molecule has 0 spiro atoms. The summed E-state index contributed by atoms with van der Waals surface area (Å²) in [4.78, 5) is 28.7. The molecule has 40 heavy (non-hydrogen) atoms. The molecule has 0 radical (unpaired) electrons. The number of halogens is 2. The first-order valence-corrected chi connectivity index (χ1v) is 15.6. The highest BCUT2D eigenvalue weighted by Crippen LogP contribution is 2.25. The van der Waals surface area contributed by atoms with Gasteiger partial charge in [0.1, 0.15) is 18.4 Å². The summed E-state index contributed by atoms with van der Waals surface area (Å²) in [7, 11) is -4.19. The van der Waals surface area contributed by atoms with Crippen molar-refractivity contribution in [3.8, 4) is 0 Å². The molecule has 1 aliphatic rings. The van der Waals surface area contributed by atoms with Gasteiger partial charge in [0.15, 0.2) is 0 Å². The van der Waals surface area contributed by atoms with Crippen LogP contribution >= 0.6 is 15.9 Å². The van der Waals surface area contributed by atoms with Crippen molar-refractivity contribution in [3.05, 3.63) is 94.7 Å². The van der Waals surface area contributed by atoms with Crippen LogP contribution in [-0.2, 0) is 26.2 Å². The second-order valence-electron chi connectivity index (χ2n) is 9.97. The molecular weight excluding hydrogens is 597 g/mol. The number of carbonyl (C=O) groups is 2. The van der Waals surface area contributed by atoms with Crippen molar-refractivity contribution in [1.82, 2.24) is 10.2 Å². The van der Waals surface area contributed by atoms with E-state index >= 15 is 0 Å². The number of sulfonamides is 1. The normalized spacial score (nSPS) is 14.8. The first-order valence-electron chi connectivity index (χ1n) is 13.3. The van der Waals surface area contributed by atoms with E-state index in [2.05, 4.69) is 21.2 Å². The molecule has 0 saturated heterocycles. The molecule has 1 aliphatic carbocycles. The van der Waals surface area contributed by atoms with Crippen molar-refractivity contribution in [3.63, 3.8) is 0 Å². The summed E-state index contributed by atoms with van der Waals surface area (Å²) in [5, 5.41) is 3.08. The molecule has 1 fully saturated rings. The van der Waals surface area contributed by atoms with Gasteiger partial charge in [-0.15, -0.1) is 0 Å². The Kier molecular flexibility index (Phi) is 9.97. The van der Waals surface area contributed by atoms with Crippen molar-refractivity contribution >= 4 is 43.5 Å². The lowest BCUT2D eigenvalue weighted by Crippen LogP contribution is -2.53. The van der Waals surface area contributed by atoms with Crippen LogP contribution in [0.15, 0.2) is 88.2 Å². The van der Waals surface area contributed by atoms with Gasteiger partial charge in [-0.3, -0.25) is 13.9 Å². The van der Waals surface area contributed by atoms with Crippen molar-refractivity contribution in [1.29, 1.82) is 0 Å². The highest BCUT2D eigenvalue weighted by molar-refractivity contribution is 9.10. The molecule has 1 N–H and O–H groups in total. The maximum Gasteiger partial charge on any atom is 0.264 e. The minimum atomic E-state index is -4.19. The lowest BCUT2D eigenvalue weighted by molar-refractivity contribution is -0.139. The Bertz CT molecular complexity index is 1410. The third-order valence-electron chi connectivity index (χ3n) is 7.09. The lowest BCUT2D eigenvalue weighted by Gasteiger charge is -2.33. The van der Waals surface area contributed by atoms with Gasteiger partial charge in [-0.1, -0.05) is 65.5 Å². The smallest absolute Gasteiger partial charge is 0.264 e. The van der Waals surface area contributed by atoms with E-state index in [0.29, 0.717) is 0 Å². The fourth-order valence-electron chi connectivity index (χ4n) is 4.84. The summed E-state index contributed by atoms with van der Waals surface area (Å²) in [6.45, 7) is 1.18. The molecule has 212 valence electrons. The maximum absolute atomic E-state index is 14.0. The minimum Gasteiger partial charge on any atom is -0.352 e. The average Bonchev–Trinajstić information content (AvgIpc) is 2.95. The van der Waals surface area contributed by atoms with Gasteiger partial charge in [0, 0.05) is 17.1 Å². The number of hydrogen-bond donors (Lipinski definition) is 1. The second kappa shape index (κ2) is 13.4. The third kappa shape index (κ3) is 7.48. The Balaban J connectivity index is 1.66. The Morgan fingerprint density at radius 3 is 2.30 bits per heavy atom. The van der Waals surface area contributed by atoms with Gasteiger partial charge in [0.25, 0.3) is 10.0 Å². The van der Waals surface area contributed by atoms with Crippen molar-refractivity contribution in [2.24, 2.45) is 0 Å². The van der Waals surface area contributed by atoms with E-state index in [9.17, 15) is 22.4 Å². The van der Waals surface area contributed by atoms with Crippen molar-refractivity contribution in [2.45, 2.75) is 62.6 Å². The molecular formula is C30H33BrFN3O4S. The summed E-state index contributed by atoms with van der Waals surface area (Å²) in [6.07, 6.45) is 5.02. The number of rotatable bonds is 10. The molecule has 7 nitrogen and oxygen atoms in total. The monoisotopic (exact) mass is 629 g/mol. The predicted octanol–water partition coefficient (Wildman–Crippen LogP) is 5.65. The number of anilines is 1. The zero-order valence-electron chi connectivity index (χ0n) is 22.3. The number of hydrogen-bond acceptors (Lipinski definition) is 4. The van der Waals surface area contributed by atoms with Gasteiger partial charge in [-0.25, -0.2) is 12.8 Å². The van der Waals surface area contributed by atoms with Gasteiger partial charge >= 0.3 is 0 Å². The Morgan fingerprint density at radius 2 is 1.65 bits per heavy atom. The van der Waals surface area contributed by atoms with E-state index in [-0.39, 0.29) is 29.1 Å². The Hall–Kier alpha value is -3.24. The van der Waals surface area contributed by atoms with Crippen LogP contribution in [0.2, 0.25) is 0 Å². The standard InChI is InChI=1S/C30H33BrFN3O4S/c1-22(30(37)33-26-11-4-2-5-12-26)34(20-23-9-8-10-24(31)19-23)29(36)21-35(27-17-15-25(32)16-18-27)40(38,39)28-13-6-3-7-14-28/h3,6-10,13-19,22,26H,2,4-5,11-12,20-21H2,1H3,(H,33,37). The van der Waals surface area contributed by atoms with Gasteiger partial charge < -0.3 is 10.2 Å². The zero-order valence-corrected chi connectivity index (χ0v) is 24.7. The summed E-state index contributed by atoms with van der Waals surface area (Å²) >= 11 is 3.45. The molecule has 3 aromatic carbocycles. The molecule has 10 heteroatoms. The van der Waals surface area contributed by atoms with Crippen molar-refractivity contribution in [2.75, 3.05) is 10.8 Å². The van der Waals surface area contributed by atoms with E-state index < -0.39 is 34.3 Å². The Labute approximate surface area is 243 Å². The predicted molar refractivity (Wildman–Crippen MR) is 157 cm³/mol. The summed E-state index contributed by atoms with van der Waals surface area (Å²) in [5.74, 6) is -1.37. The first-order chi connectivity index (χ1) is 19.1. The molecule has 0 bridgehead atoms. The van der Waals surface area contributed by atoms with Gasteiger partial charge in [-0.2, -0.15) is 0 Å². The molecule has 2 amide bonds. The summed E-state index contributed by atoms with van der Waals surface area (Å²) in [5.41, 5.74) is 0.916. The van der Waals surface area contributed by atoms with E-state index in [4.69, 9.17) is 0 Å². The van der Waals surface area contributed by atoms with Gasteiger partial charge in [0.05, 0.1) is 10.6 Å². The quantitative estimate of drug-likeness (QED) is 0.314. The number of amides is 2. The number of nitrogens with zero attached hydrogens (tertiary/aromatic N) is 2. The van der Waals surface area contributed by atoms with Crippen LogP contribution in [0.5, 0.6) is 0 Å². The highest BCUT2D eigenvalue weighted by Gasteiger charge is 2.33. The fourth-order valence-corrected chi connectivity index (χ4v) is 6.72. The third-order valence-corrected chi connectivity index (χ3v) is 9.37. The lowest BCUT2D eigenvalue weighted by atomic mass is 9.95. The van der Waals surface area contributed by atoms with E-state index in [1.54, 1.807) is 25.1 Å². The van der Waals surface area contributed by atoms with E-state index in [1.165, 1.54) is 29.2 Å². The average molecular weight is 631 g/mol. The van der Waals surface area contributed by atoms with Crippen LogP contribution < -0.4 is 9.62 Å². The molecule has 0 aromatic heterocycles. The van der Waals surface area contributed by atoms with Crippen molar-refractivity contribution < 1.29 is 22.4 Å². The fraction of sp³-hybridized carbons (Fsp3) is 0.333. The molecule has 0 aliphatic heterocycles. The molecule has 4 rings (SSSR count). The molecule has 1 saturated carbocycles. The molecule has 1 unspecified atom stereocenters. The number of benzene rings is 3. The maximum atomic E-state index is 14.0. The number of nitrogens with one attached hydrogen (secondary N) is 1. The van der Waals surface area contributed by atoms with Crippen LogP contribution in [-0.4, -0.2) is 43.8 Å². The van der Waals surface area contributed by atoms with Gasteiger partial charge in [-0.05, 0) is 73.9 Å². The number of carbonyl (C=O) groups excluding carboxylic acids is 2. The molecule has 3 aromatic rings. The van der Waals surface area contributed by atoms with E-state index in [1.807, 2.05) is 24.3 Å². The van der Waals surface area contributed by atoms with Crippen LogP contribution in [0.1, 0.15) is 44.6 Å². The summed E-state index contributed by atoms with van der Waals surface area (Å²) in [6, 6.07) is 19.3. The topological polar surface area (TPSA) is 86.8 Å². The first kappa shape index (κ1) is 29.7. The SMILES string of the molecule is CC(C(=O)NC1CCCCC1)N(Cc1cccc(Br)c1)C(=O)CN(c1ccc(F)cc1)S(=O)(=O)c1ccccc1. The second-order valence-corrected chi connectivity index (χ2v) is 12.8. The molecule has 1 atom stereocenters. The van der Waals surface area contributed by atoms with Gasteiger partial charge in [0.2, 0.25) is 11.8 Å². The summed E-state index contributed by atoms with van der Waals surface area (Å²) < 4.78 is 43.0. The molecule has 0 heterocycles. The Morgan fingerprint density at radius 1 is 0.975 bits per heavy atom. The highest BCUT2D eigenvalue weighted by atomic mass is 79.9.